The van der Waals surface area contributed by atoms with E-state index in [0.717, 1.165) is 17.8 Å². The van der Waals surface area contributed by atoms with Crippen molar-refractivity contribution in [3.63, 3.8) is 0 Å². The van der Waals surface area contributed by atoms with Gasteiger partial charge >= 0.3 is 12.1 Å². The van der Waals surface area contributed by atoms with E-state index in [9.17, 15) is 32.7 Å². The lowest BCUT2D eigenvalue weighted by Crippen LogP contribution is -2.41. The zero-order chi connectivity index (χ0) is 28.1. The summed E-state index contributed by atoms with van der Waals surface area (Å²) in [6.45, 7) is -0.197. The summed E-state index contributed by atoms with van der Waals surface area (Å²) in [5.74, 6) is -1.77. The van der Waals surface area contributed by atoms with E-state index in [-0.39, 0.29) is 33.2 Å². The van der Waals surface area contributed by atoms with Gasteiger partial charge in [0.1, 0.15) is 0 Å². The molecule has 1 saturated carbocycles. The Morgan fingerprint density at radius 3 is 2.49 bits per heavy atom. The molecule has 5 rings (SSSR count). The third kappa shape index (κ3) is 5.53. The third-order valence-corrected chi connectivity index (χ3v) is 8.36. The molecule has 39 heavy (non-hydrogen) atoms. The first kappa shape index (κ1) is 27.5. The monoisotopic (exact) mass is 597 g/mol. The van der Waals surface area contributed by atoms with Crippen LogP contribution in [0.3, 0.4) is 0 Å². The highest BCUT2D eigenvalue weighted by Crippen LogP contribution is 2.39. The van der Waals surface area contributed by atoms with Crippen LogP contribution in [0.5, 0.6) is 0 Å². The Kier molecular flexibility index (Phi) is 7.43. The standard InChI is InChI=1S/C26H20Cl2F3N3O4S/c27-16-5-2-15(19(11-16)26(29,30)31)12-33-20-8-1-13(9-18(20)22(28)32-33)10-21-23(35)34(25(38)39-21)17-6-3-14(4-7-17)24(36)37/h1-2,5,8-11,14,17H,3-4,6-7,12H2,(H,36,37). The fraction of sp³-hybridized carbons (Fsp3) is 0.308. The number of aliphatic carboxylic acids is 1. The van der Waals surface area contributed by atoms with Gasteiger partial charge in [0.2, 0.25) is 0 Å². The molecule has 1 aliphatic carbocycles. The van der Waals surface area contributed by atoms with Crippen LogP contribution in [0.15, 0.2) is 41.3 Å². The highest BCUT2D eigenvalue weighted by Gasteiger charge is 2.41. The molecule has 2 fully saturated rings. The molecule has 1 N–H and O–H groups in total. The maximum Gasteiger partial charge on any atom is 0.416 e. The first-order valence-corrected chi connectivity index (χ1v) is 13.5. The summed E-state index contributed by atoms with van der Waals surface area (Å²) >= 11 is 12.9. The molecule has 2 aliphatic rings. The average molecular weight is 598 g/mol. The van der Waals surface area contributed by atoms with Gasteiger partial charge in [-0.25, -0.2) is 0 Å². The van der Waals surface area contributed by atoms with Gasteiger partial charge in [0.15, 0.2) is 5.15 Å². The molecular formula is C26H20Cl2F3N3O4S. The molecule has 0 spiro atoms. The van der Waals surface area contributed by atoms with E-state index in [1.54, 1.807) is 24.3 Å². The van der Waals surface area contributed by atoms with Crippen LogP contribution in [0.25, 0.3) is 17.0 Å². The number of benzene rings is 2. The zero-order valence-corrected chi connectivity index (χ0v) is 22.4. The van der Waals surface area contributed by atoms with Crippen molar-refractivity contribution in [1.82, 2.24) is 14.7 Å². The number of alkyl halides is 3. The number of carbonyl (C=O) groups excluding carboxylic acids is 2. The van der Waals surface area contributed by atoms with Gasteiger partial charge in [0, 0.05) is 16.5 Å². The molecule has 2 heterocycles. The van der Waals surface area contributed by atoms with Crippen molar-refractivity contribution in [2.45, 2.75) is 44.4 Å². The highest BCUT2D eigenvalue weighted by atomic mass is 35.5. The molecule has 3 aromatic rings. The van der Waals surface area contributed by atoms with E-state index in [2.05, 4.69) is 5.10 Å². The van der Waals surface area contributed by atoms with Crippen LogP contribution in [0, 0.1) is 5.92 Å². The Hall–Kier alpha value is -3.02. The first-order valence-electron chi connectivity index (χ1n) is 11.9. The van der Waals surface area contributed by atoms with E-state index in [0.29, 0.717) is 42.1 Å². The zero-order valence-electron chi connectivity index (χ0n) is 20.0. The lowest BCUT2D eigenvalue weighted by molar-refractivity contribution is -0.143. The predicted molar refractivity (Wildman–Crippen MR) is 141 cm³/mol. The maximum absolute atomic E-state index is 13.6. The van der Waals surface area contributed by atoms with Crippen LogP contribution in [0.1, 0.15) is 42.4 Å². The summed E-state index contributed by atoms with van der Waals surface area (Å²) in [5, 5.41) is 13.5. The van der Waals surface area contributed by atoms with Gasteiger partial charge in [-0.05, 0) is 78.9 Å². The van der Waals surface area contributed by atoms with Crippen molar-refractivity contribution in [2.24, 2.45) is 5.92 Å². The quantitative estimate of drug-likeness (QED) is 0.316. The summed E-state index contributed by atoms with van der Waals surface area (Å²) < 4.78 is 42.0. The van der Waals surface area contributed by atoms with Crippen LogP contribution in [0.4, 0.5) is 18.0 Å². The number of thioether (sulfide) groups is 1. The molecule has 7 nitrogen and oxygen atoms in total. The maximum atomic E-state index is 13.6. The van der Waals surface area contributed by atoms with Gasteiger partial charge in [-0.15, -0.1) is 0 Å². The van der Waals surface area contributed by atoms with Gasteiger partial charge in [-0.1, -0.05) is 35.3 Å². The number of carboxylic acid groups (broad SMARTS) is 1. The Morgan fingerprint density at radius 2 is 1.82 bits per heavy atom. The first-order chi connectivity index (χ1) is 18.4. The number of hydrogen-bond donors (Lipinski definition) is 1. The minimum Gasteiger partial charge on any atom is -0.481 e. The lowest BCUT2D eigenvalue weighted by Gasteiger charge is -2.31. The van der Waals surface area contributed by atoms with Crippen molar-refractivity contribution in [1.29, 1.82) is 0 Å². The fourth-order valence-electron chi connectivity index (χ4n) is 5.01. The number of amides is 2. The van der Waals surface area contributed by atoms with Gasteiger partial charge < -0.3 is 5.11 Å². The highest BCUT2D eigenvalue weighted by molar-refractivity contribution is 8.18. The van der Waals surface area contributed by atoms with Crippen molar-refractivity contribution in [2.75, 3.05) is 0 Å². The van der Waals surface area contributed by atoms with Crippen LogP contribution in [-0.2, 0) is 22.3 Å². The number of halogens is 5. The molecule has 0 atom stereocenters. The Morgan fingerprint density at radius 1 is 1.10 bits per heavy atom. The largest absolute Gasteiger partial charge is 0.481 e. The predicted octanol–water partition coefficient (Wildman–Crippen LogP) is 7.09. The average Bonchev–Trinajstić information content (AvgIpc) is 3.33. The van der Waals surface area contributed by atoms with E-state index < -0.39 is 34.8 Å². The Bertz CT molecular complexity index is 1530. The SMILES string of the molecule is O=C(O)C1CCC(N2C(=O)SC(=Cc3ccc4c(c3)c(Cl)nn4Cc3ccc(Cl)cc3C(F)(F)F)C2=O)CC1. The van der Waals surface area contributed by atoms with Gasteiger partial charge in [-0.3, -0.25) is 24.0 Å². The van der Waals surface area contributed by atoms with Crippen molar-refractivity contribution >= 4 is 69.1 Å². The van der Waals surface area contributed by atoms with Crippen molar-refractivity contribution in [3.8, 4) is 0 Å². The molecular weight excluding hydrogens is 578 g/mol. The number of nitrogens with zero attached hydrogens (tertiary/aromatic N) is 3. The summed E-state index contributed by atoms with van der Waals surface area (Å²) in [7, 11) is 0. The molecule has 204 valence electrons. The van der Waals surface area contributed by atoms with Crippen LogP contribution < -0.4 is 0 Å². The minimum atomic E-state index is -4.60. The molecule has 1 aromatic heterocycles. The molecule has 13 heteroatoms. The number of carboxylic acids is 1. The van der Waals surface area contributed by atoms with E-state index in [4.69, 9.17) is 23.2 Å². The minimum absolute atomic E-state index is 0.0249. The van der Waals surface area contributed by atoms with E-state index in [1.165, 1.54) is 21.7 Å². The second-order valence-corrected chi connectivity index (χ2v) is 11.2. The summed E-state index contributed by atoms with van der Waals surface area (Å²) in [6.07, 6.45) is -1.36. The second kappa shape index (κ2) is 10.5. The Labute approximate surface area is 234 Å². The van der Waals surface area contributed by atoms with Gasteiger partial charge in [0.05, 0.1) is 28.4 Å². The van der Waals surface area contributed by atoms with Gasteiger partial charge in [-0.2, -0.15) is 18.3 Å². The number of hydrogen-bond acceptors (Lipinski definition) is 5. The van der Waals surface area contributed by atoms with Crippen LogP contribution in [-0.4, -0.2) is 42.9 Å². The van der Waals surface area contributed by atoms with Crippen LogP contribution >= 0.6 is 35.0 Å². The molecule has 2 aromatic carbocycles. The molecule has 0 unspecified atom stereocenters. The lowest BCUT2D eigenvalue weighted by atomic mass is 9.85. The van der Waals surface area contributed by atoms with Crippen molar-refractivity contribution < 1.29 is 32.7 Å². The molecule has 0 radical (unpaired) electrons. The smallest absolute Gasteiger partial charge is 0.416 e. The summed E-state index contributed by atoms with van der Waals surface area (Å²) in [6, 6.07) is 8.15. The van der Waals surface area contributed by atoms with Gasteiger partial charge in [0.25, 0.3) is 11.1 Å². The molecule has 1 saturated heterocycles. The molecule has 2 amide bonds. The number of imide groups is 1. The fourth-order valence-corrected chi connectivity index (χ4v) is 6.32. The van der Waals surface area contributed by atoms with Crippen LogP contribution in [0.2, 0.25) is 10.2 Å². The number of rotatable bonds is 5. The molecule has 1 aliphatic heterocycles. The second-order valence-electron chi connectivity index (χ2n) is 9.42. The Balaban J connectivity index is 1.39. The number of carbonyl (C=O) groups is 3. The molecule has 0 bridgehead atoms. The number of fused-ring (bicyclic) bond motifs is 1. The third-order valence-electron chi connectivity index (χ3n) is 6.96. The normalized spacial score (nSPS) is 21.4. The topological polar surface area (TPSA) is 92.5 Å². The number of aromatic nitrogens is 2. The summed E-state index contributed by atoms with van der Waals surface area (Å²) in [5.41, 5.74) is 0.164. The van der Waals surface area contributed by atoms with Crippen molar-refractivity contribution in [3.05, 3.63) is 68.2 Å². The summed E-state index contributed by atoms with van der Waals surface area (Å²) in [4.78, 5) is 38.4. The van der Waals surface area contributed by atoms with E-state index in [1.807, 2.05) is 0 Å². The van der Waals surface area contributed by atoms with E-state index >= 15 is 0 Å².